The molecule has 20 heavy (non-hydrogen) atoms. The van der Waals surface area contributed by atoms with Gasteiger partial charge in [0.1, 0.15) is 10.1 Å². The first kappa shape index (κ1) is 14.8. The quantitative estimate of drug-likeness (QED) is 0.629. The minimum atomic E-state index is -0.0121. The van der Waals surface area contributed by atoms with Crippen LogP contribution in [-0.2, 0) is 4.79 Å². The van der Waals surface area contributed by atoms with E-state index in [9.17, 15) is 4.79 Å². The van der Waals surface area contributed by atoms with Crippen molar-refractivity contribution in [2.45, 2.75) is 6.92 Å². The van der Waals surface area contributed by atoms with Crippen LogP contribution in [0.1, 0.15) is 12.5 Å². The number of benzene rings is 1. The van der Waals surface area contributed by atoms with Gasteiger partial charge in [-0.2, -0.15) is 0 Å². The van der Waals surface area contributed by atoms with Crippen LogP contribution in [0.3, 0.4) is 0 Å². The van der Waals surface area contributed by atoms with Crippen LogP contribution in [0.5, 0.6) is 5.75 Å². The number of thioether (sulfide) groups is 1. The smallest absolute Gasteiger partial charge is 0.266 e. The molecule has 0 saturated carbocycles. The van der Waals surface area contributed by atoms with Gasteiger partial charge in [0.05, 0.1) is 12.0 Å². The van der Waals surface area contributed by atoms with Gasteiger partial charge in [-0.25, -0.2) is 0 Å². The van der Waals surface area contributed by atoms with Gasteiger partial charge in [-0.3, -0.25) is 9.69 Å². The van der Waals surface area contributed by atoms with Crippen molar-refractivity contribution in [3.63, 3.8) is 0 Å². The van der Waals surface area contributed by atoms with Crippen LogP contribution in [-0.4, -0.2) is 28.8 Å². The highest BCUT2D eigenvalue weighted by molar-refractivity contribution is 8.26. The zero-order valence-corrected chi connectivity index (χ0v) is 13.0. The molecule has 104 valence electrons. The summed E-state index contributed by atoms with van der Waals surface area (Å²) in [4.78, 5) is 14.2. The zero-order chi connectivity index (χ0) is 14.5. The highest BCUT2D eigenvalue weighted by Gasteiger charge is 2.29. The molecular weight excluding hydrogens is 290 g/mol. The lowest BCUT2D eigenvalue weighted by Gasteiger charge is -2.09. The van der Waals surface area contributed by atoms with Crippen LogP contribution in [0.15, 0.2) is 41.3 Å². The van der Waals surface area contributed by atoms with Gasteiger partial charge >= 0.3 is 0 Å². The number of rotatable bonds is 4. The van der Waals surface area contributed by atoms with Crippen molar-refractivity contribution in [3.8, 4) is 5.75 Å². The van der Waals surface area contributed by atoms with Crippen LogP contribution in [0.4, 0.5) is 0 Å². The third-order valence-electron chi connectivity index (χ3n) is 2.84. The standard InChI is InChI=1S/C15H15NO2S2/c1-3-16-14(17)13(20-15(16)19)6-4-5-11-7-9-12(18-2)10-8-11/h4-10H,3H2,1-2H3/b5-4+,13-6+. The SMILES string of the molecule is CCN1C(=O)/C(=C\C=C\c2ccc(OC)cc2)SC1=S. The number of allylic oxidation sites excluding steroid dienone is 2. The van der Waals surface area contributed by atoms with Gasteiger partial charge < -0.3 is 4.74 Å². The number of likely N-dealkylation sites (N-methyl/N-ethyl adjacent to an activating group) is 1. The topological polar surface area (TPSA) is 29.5 Å². The van der Waals surface area contributed by atoms with E-state index in [0.29, 0.717) is 15.8 Å². The second-order valence-corrected chi connectivity index (χ2v) is 5.76. The van der Waals surface area contributed by atoms with Gasteiger partial charge in [0.15, 0.2) is 0 Å². The summed E-state index contributed by atoms with van der Waals surface area (Å²) in [5.74, 6) is 0.813. The molecule has 1 fully saturated rings. The molecule has 0 N–H and O–H groups in total. The van der Waals surface area contributed by atoms with Crippen molar-refractivity contribution in [3.05, 3.63) is 46.9 Å². The molecule has 0 aromatic heterocycles. The summed E-state index contributed by atoms with van der Waals surface area (Å²) < 4.78 is 5.73. The van der Waals surface area contributed by atoms with Gasteiger partial charge in [0, 0.05) is 6.54 Å². The fourth-order valence-electron chi connectivity index (χ4n) is 1.75. The summed E-state index contributed by atoms with van der Waals surface area (Å²) in [5.41, 5.74) is 1.05. The monoisotopic (exact) mass is 305 g/mol. The molecular formula is C15H15NO2S2. The van der Waals surface area contributed by atoms with E-state index in [1.54, 1.807) is 18.1 Å². The number of hydrogen-bond donors (Lipinski definition) is 0. The van der Waals surface area contributed by atoms with Crippen LogP contribution >= 0.6 is 24.0 Å². The van der Waals surface area contributed by atoms with E-state index in [0.717, 1.165) is 11.3 Å². The Kier molecular flexibility index (Phi) is 4.98. The maximum absolute atomic E-state index is 12.0. The summed E-state index contributed by atoms with van der Waals surface area (Å²) in [5, 5.41) is 0. The summed E-state index contributed by atoms with van der Waals surface area (Å²) >= 11 is 6.50. The molecule has 1 aliphatic rings. The molecule has 1 amide bonds. The number of amides is 1. The van der Waals surface area contributed by atoms with Crippen molar-refractivity contribution >= 4 is 40.3 Å². The molecule has 0 atom stereocenters. The molecule has 1 aliphatic heterocycles. The van der Waals surface area contributed by atoms with Gasteiger partial charge in [0.2, 0.25) is 0 Å². The highest BCUT2D eigenvalue weighted by Crippen LogP contribution is 2.30. The summed E-state index contributed by atoms with van der Waals surface area (Å²) in [6.45, 7) is 2.53. The minimum absolute atomic E-state index is 0.0121. The first-order chi connectivity index (χ1) is 9.65. The Morgan fingerprint density at radius 3 is 2.60 bits per heavy atom. The third kappa shape index (κ3) is 3.29. The average Bonchev–Trinajstić information content (AvgIpc) is 2.74. The number of carbonyl (C=O) groups excluding carboxylic acids is 1. The van der Waals surface area contributed by atoms with Gasteiger partial charge in [-0.1, -0.05) is 48.3 Å². The maximum Gasteiger partial charge on any atom is 0.266 e. The molecule has 1 saturated heterocycles. The molecule has 5 heteroatoms. The predicted octanol–water partition coefficient (Wildman–Crippen LogP) is 3.47. The lowest BCUT2D eigenvalue weighted by molar-refractivity contribution is -0.122. The van der Waals surface area contributed by atoms with E-state index in [1.165, 1.54) is 11.8 Å². The number of nitrogens with zero attached hydrogens (tertiary/aromatic N) is 1. The maximum atomic E-state index is 12.0. The molecule has 0 unspecified atom stereocenters. The largest absolute Gasteiger partial charge is 0.497 e. The predicted molar refractivity (Wildman–Crippen MR) is 87.7 cm³/mol. The van der Waals surface area contributed by atoms with Gasteiger partial charge in [0.25, 0.3) is 5.91 Å². The minimum Gasteiger partial charge on any atom is -0.497 e. The van der Waals surface area contributed by atoms with E-state index >= 15 is 0 Å². The Labute approximate surface area is 128 Å². The van der Waals surface area contributed by atoms with E-state index in [2.05, 4.69) is 0 Å². The van der Waals surface area contributed by atoms with E-state index < -0.39 is 0 Å². The number of ether oxygens (including phenoxy) is 1. The van der Waals surface area contributed by atoms with Crippen LogP contribution in [0, 0.1) is 0 Å². The molecule has 0 aliphatic carbocycles. The lowest BCUT2D eigenvalue weighted by Crippen LogP contribution is -2.27. The third-order valence-corrected chi connectivity index (χ3v) is 4.24. The number of carbonyl (C=O) groups is 1. The van der Waals surface area contributed by atoms with Crippen molar-refractivity contribution in [1.29, 1.82) is 0 Å². The van der Waals surface area contributed by atoms with Crippen molar-refractivity contribution in [2.75, 3.05) is 13.7 Å². The fraction of sp³-hybridized carbons (Fsp3) is 0.200. The van der Waals surface area contributed by atoms with Gasteiger partial charge in [-0.15, -0.1) is 0 Å². The second kappa shape index (κ2) is 6.72. The Balaban J connectivity index is 2.07. The normalized spacial score (nSPS) is 17.5. The lowest BCUT2D eigenvalue weighted by atomic mass is 10.2. The molecule has 0 bridgehead atoms. The van der Waals surface area contributed by atoms with Crippen molar-refractivity contribution < 1.29 is 9.53 Å². The summed E-state index contributed by atoms with van der Waals surface area (Å²) in [7, 11) is 1.64. The second-order valence-electron chi connectivity index (χ2n) is 4.08. The molecule has 1 aromatic rings. The molecule has 1 heterocycles. The highest BCUT2D eigenvalue weighted by atomic mass is 32.2. The van der Waals surface area contributed by atoms with Gasteiger partial charge in [-0.05, 0) is 30.7 Å². The zero-order valence-electron chi connectivity index (χ0n) is 11.3. The molecule has 0 radical (unpaired) electrons. The fourth-order valence-corrected chi connectivity index (χ4v) is 3.08. The van der Waals surface area contributed by atoms with Crippen LogP contribution in [0.25, 0.3) is 6.08 Å². The number of methoxy groups -OCH3 is 1. The molecule has 3 nitrogen and oxygen atoms in total. The first-order valence-corrected chi connectivity index (χ1v) is 7.44. The number of thiocarbonyl (C=S) groups is 1. The molecule has 0 spiro atoms. The van der Waals surface area contributed by atoms with Crippen LogP contribution < -0.4 is 4.74 Å². The average molecular weight is 305 g/mol. The summed E-state index contributed by atoms with van der Waals surface area (Å²) in [6, 6.07) is 7.72. The Morgan fingerprint density at radius 2 is 2.05 bits per heavy atom. The van der Waals surface area contributed by atoms with Crippen molar-refractivity contribution in [2.24, 2.45) is 0 Å². The number of hydrogen-bond acceptors (Lipinski definition) is 4. The summed E-state index contributed by atoms with van der Waals surface area (Å²) in [6.07, 6.45) is 5.61. The molecule has 2 rings (SSSR count). The Bertz CT molecular complexity index is 576. The molecule has 1 aromatic carbocycles. The first-order valence-electron chi connectivity index (χ1n) is 6.21. The van der Waals surface area contributed by atoms with E-state index in [4.69, 9.17) is 17.0 Å². The van der Waals surface area contributed by atoms with Crippen LogP contribution in [0.2, 0.25) is 0 Å². The van der Waals surface area contributed by atoms with Crippen molar-refractivity contribution in [1.82, 2.24) is 4.90 Å². The Morgan fingerprint density at radius 1 is 1.35 bits per heavy atom. The Hall–Kier alpha value is -1.59. The van der Waals surface area contributed by atoms with E-state index in [-0.39, 0.29) is 5.91 Å². The van der Waals surface area contributed by atoms with E-state index in [1.807, 2.05) is 43.3 Å².